The lowest BCUT2D eigenvalue weighted by atomic mass is 10.2. The van der Waals surface area contributed by atoms with Crippen molar-refractivity contribution in [2.45, 2.75) is 25.2 Å². The van der Waals surface area contributed by atoms with E-state index in [4.69, 9.17) is 9.47 Å². The predicted molar refractivity (Wildman–Crippen MR) is 88.2 cm³/mol. The Bertz CT molecular complexity index is 615. The smallest absolute Gasteiger partial charge is 0.338 e. The molecule has 4 nitrogen and oxygen atoms in total. The summed E-state index contributed by atoms with van der Waals surface area (Å²) in [7, 11) is 0. The van der Waals surface area contributed by atoms with E-state index in [1.54, 1.807) is 12.1 Å². The van der Waals surface area contributed by atoms with Gasteiger partial charge in [-0.2, -0.15) is 0 Å². The molecule has 1 N–H and O–H groups in total. The fraction of sp³-hybridized carbons (Fsp3) is 0.316. The SMILES string of the molecule is O=C(O[C@H]1CN[C@H](COCc2ccccc2)C1)c1ccccc1. The quantitative estimate of drug-likeness (QED) is 0.833. The molecule has 2 atom stereocenters. The van der Waals surface area contributed by atoms with E-state index in [1.165, 1.54) is 0 Å². The third kappa shape index (κ3) is 4.65. The van der Waals surface area contributed by atoms with Crippen LogP contribution in [-0.4, -0.2) is 31.3 Å². The van der Waals surface area contributed by atoms with Gasteiger partial charge < -0.3 is 14.8 Å². The van der Waals surface area contributed by atoms with Gasteiger partial charge in [-0.05, 0) is 17.7 Å². The van der Waals surface area contributed by atoms with Crippen molar-refractivity contribution < 1.29 is 14.3 Å². The molecule has 0 radical (unpaired) electrons. The van der Waals surface area contributed by atoms with Gasteiger partial charge in [0.15, 0.2) is 0 Å². The summed E-state index contributed by atoms with van der Waals surface area (Å²) >= 11 is 0. The zero-order valence-electron chi connectivity index (χ0n) is 13.0. The molecule has 23 heavy (non-hydrogen) atoms. The average Bonchev–Trinajstić information content (AvgIpc) is 3.04. The van der Waals surface area contributed by atoms with Crippen molar-refractivity contribution in [3.63, 3.8) is 0 Å². The molecule has 0 aromatic heterocycles. The highest BCUT2D eigenvalue weighted by molar-refractivity contribution is 5.89. The Hall–Kier alpha value is -2.17. The predicted octanol–water partition coefficient (Wildman–Crippen LogP) is 2.79. The van der Waals surface area contributed by atoms with Crippen LogP contribution in [0, 0.1) is 0 Å². The molecule has 1 aliphatic heterocycles. The van der Waals surface area contributed by atoms with Gasteiger partial charge in [0.2, 0.25) is 0 Å². The highest BCUT2D eigenvalue weighted by Gasteiger charge is 2.27. The van der Waals surface area contributed by atoms with Crippen molar-refractivity contribution in [2.75, 3.05) is 13.2 Å². The molecule has 1 saturated heterocycles. The molecule has 0 spiro atoms. The van der Waals surface area contributed by atoms with Gasteiger partial charge in [-0.25, -0.2) is 4.79 Å². The number of rotatable bonds is 6. The molecule has 2 aromatic rings. The first-order chi connectivity index (χ1) is 11.3. The van der Waals surface area contributed by atoms with Crippen LogP contribution in [0.4, 0.5) is 0 Å². The summed E-state index contributed by atoms with van der Waals surface area (Å²) < 4.78 is 11.3. The van der Waals surface area contributed by atoms with Crippen LogP contribution in [0.25, 0.3) is 0 Å². The molecule has 0 saturated carbocycles. The number of carbonyl (C=O) groups is 1. The fourth-order valence-electron chi connectivity index (χ4n) is 2.69. The Morgan fingerprint density at radius 3 is 2.48 bits per heavy atom. The molecule has 0 amide bonds. The summed E-state index contributed by atoms with van der Waals surface area (Å²) in [4.78, 5) is 12.0. The molecule has 0 bridgehead atoms. The minimum Gasteiger partial charge on any atom is -0.457 e. The molecule has 120 valence electrons. The highest BCUT2D eigenvalue weighted by atomic mass is 16.5. The topological polar surface area (TPSA) is 47.6 Å². The summed E-state index contributed by atoms with van der Waals surface area (Å²) in [6.07, 6.45) is 0.695. The Labute approximate surface area is 136 Å². The van der Waals surface area contributed by atoms with E-state index >= 15 is 0 Å². The van der Waals surface area contributed by atoms with Crippen LogP contribution in [-0.2, 0) is 16.1 Å². The van der Waals surface area contributed by atoms with Crippen LogP contribution < -0.4 is 5.32 Å². The molecular formula is C19H21NO3. The van der Waals surface area contributed by atoms with E-state index < -0.39 is 0 Å². The van der Waals surface area contributed by atoms with Crippen LogP contribution in [0.2, 0.25) is 0 Å². The molecule has 3 rings (SSSR count). The zero-order chi connectivity index (χ0) is 15.9. The minimum absolute atomic E-state index is 0.0898. The third-order valence-electron chi connectivity index (χ3n) is 3.90. The van der Waals surface area contributed by atoms with Crippen molar-refractivity contribution in [3.8, 4) is 0 Å². The second kappa shape index (κ2) is 7.90. The monoisotopic (exact) mass is 311 g/mol. The van der Waals surface area contributed by atoms with E-state index in [2.05, 4.69) is 5.32 Å². The molecule has 1 aliphatic rings. The maximum Gasteiger partial charge on any atom is 0.338 e. The molecular weight excluding hydrogens is 290 g/mol. The molecule has 4 heteroatoms. The van der Waals surface area contributed by atoms with Crippen molar-refractivity contribution in [3.05, 3.63) is 71.8 Å². The first-order valence-corrected chi connectivity index (χ1v) is 7.92. The molecule has 2 aromatic carbocycles. The Morgan fingerprint density at radius 2 is 1.74 bits per heavy atom. The van der Waals surface area contributed by atoms with E-state index in [1.807, 2.05) is 48.5 Å². The first kappa shape index (κ1) is 15.7. The maximum atomic E-state index is 12.0. The van der Waals surface area contributed by atoms with Crippen LogP contribution in [0.1, 0.15) is 22.3 Å². The number of carbonyl (C=O) groups excluding carboxylic acids is 1. The normalized spacial score (nSPS) is 20.3. The summed E-state index contributed by atoms with van der Waals surface area (Å²) in [5, 5.41) is 3.35. The number of benzene rings is 2. The number of hydrogen-bond acceptors (Lipinski definition) is 4. The standard InChI is InChI=1S/C19H21NO3/c21-19(16-9-5-2-6-10-16)23-18-11-17(20-12-18)14-22-13-15-7-3-1-4-8-15/h1-10,17-18,20H,11-14H2/t17-,18+/m0/s1. The number of hydrogen-bond donors (Lipinski definition) is 1. The van der Waals surface area contributed by atoms with Gasteiger partial charge in [0, 0.05) is 19.0 Å². The van der Waals surface area contributed by atoms with Crippen molar-refractivity contribution in [2.24, 2.45) is 0 Å². The summed E-state index contributed by atoms with van der Waals surface area (Å²) in [6.45, 7) is 1.90. The molecule has 1 fully saturated rings. The zero-order valence-corrected chi connectivity index (χ0v) is 13.0. The molecule has 0 aliphatic carbocycles. The largest absolute Gasteiger partial charge is 0.457 e. The van der Waals surface area contributed by atoms with Crippen LogP contribution in [0.15, 0.2) is 60.7 Å². The highest BCUT2D eigenvalue weighted by Crippen LogP contribution is 2.14. The lowest BCUT2D eigenvalue weighted by Crippen LogP contribution is -2.26. The number of nitrogens with one attached hydrogen (secondary N) is 1. The van der Waals surface area contributed by atoms with Crippen molar-refractivity contribution in [1.82, 2.24) is 5.32 Å². The summed E-state index contributed by atoms with van der Waals surface area (Å²) in [6, 6.07) is 19.4. The molecule has 0 unspecified atom stereocenters. The van der Waals surface area contributed by atoms with Crippen LogP contribution in [0.5, 0.6) is 0 Å². The van der Waals surface area contributed by atoms with Gasteiger partial charge in [-0.3, -0.25) is 0 Å². The van der Waals surface area contributed by atoms with Gasteiger partial charge in [0.05, 0.1) is 18.8 Å². The van der Waals surface area contributed by atoms with Gasteiger partial charge in [-0.15, -0.1) is 0 Å². The maximum absolute atomic E-state index is 12.0. The van der Waals surface area contributed by atoms with E-state index in [0.717, 1.165) is 12.0 Å². The Morgan fingerprint density at radius 1 is 1.04 bits per heavy atom. The van der Waals surface area contributed by atoms with E-state index in [9.17, 15) is 4.79 Å². The number of esters is 1. The first-order valence-electron chi connectivity index (χ1n) is 7.92. The average molecular weight is 311 g/mol. The minimum atomic E-state index is -0.261. The molecule has 1 heterocycles. The van der Waals surface area contributed by atoms with Gasteiger partial charge >= 0.3 is 5.97 Å². The fourth-order valence-corrected chi connectivity index (χ4v) is 2.69. The van der Waals surface area contributed by atoms with Crippen LogP contribution in [0.3, 0.4) is 0 Å². The second-order valence-electron chi connectivity index (χ2n) is 5.73. The van der Waals surface area contributed by atoms with Gasteiger partial charge in [-0.1, -0.05) is 48.5 Å². The lowest BCUT2D eigenvalue weighted by Gasteiger charge is -2.12. The Balaban J connectivity index is 1.39. The van der Waals surface area contributed by atoms with Gasteiger partial charge in [0.25, 0.3) is 0 Å². The summed E-state index contributed by atoms with van der Waals surface area (Å²) in [5.74, 6) is -0.261. The van der Waals surface area contributed by atoms with E-state index in [-0.39, 0.29) is 18.1 Å². The third-order valence-corrected chi connectivity index (χ3v) is 3.90. The van der Waals surface area contributed by atoms with Crippen molar-refractivity contribution >= 4 is 5.97 Å². The van der Waals surface area contributed by atoms with Gasteiger partial charge in [0.1, 0.15) is 6.10 Å². The number of ether oxygens (including phenoxy) is 2. The lowest BCUT2D eigenvalue weighted by molar-refractivity contribution is 0.0326. The van der Waals surface area contributed by atoms with Crippen LogP contribution >= 0.6 is 0 Å². The summed E-state index contributed by atoms with van der Waals surface area (Å²) in [5.41, 5.74) is 1.76. The second-order valence-corrected chi connectivity index (χ2v) is 5.73. The van der Waals surface area contributed by atoms with E-state index in [0.29, 0.717) is 25.3 Å². The van der Waals surface area contributed by atoms with Crippen molar-refractivity contribution in [1.29, 1.82) is 0 Å². The Kier molecular flexibility index (Phi) is 5.40.